The molecular formula is C18H22N2O2. The molecule has 22 heavy (non-hydrogen) atoms. The lowest BCUT2D eigenvalue weighted by Gasteiger charge is -2.06. The van der Waals surface area contributed by atoms with E-state index in [4.69, 9.17) is 10.00 Å². The van der Waals surface area contributed by atoms with E-state index in [1.807, 2.05) is 30.3 Å². The fourth-order valence-electron chi connectivity index (χ4n) is 2.01. The van der Waals surface area contributed by atoms with E-state index < -0.39 is 0 Å². The van der Waals surface area contributed by atoms with Crippen LogP contribution in [-0.4, -0.2) is 18.6 Å². The van der Waals surface area contributed by atoms with Crippen LogP contribution in [0.25, 0.3) is 6.08 Å². The largest absolute Gasteiger partial charge is 0.494 e. The van der Waals surface area contributed by atoms with Crippen LogP contribution in [0.3, 0.4) is 0 Å². The van der Waals surface area contributed by atoms with Gasteiger partial charge >= 0.3 is 0 Å². The van der Waals surface area contributed by atoms with Crippen LogP contribution in [0.1, 0.15) is 44.6 Å². The first-order chi connectivity index (χ1) is 10.7. The molecule has 0 aromatic heterocycles. The lowest BCUT2D eigenvalue weighted by Crippen LogP contribution is -2.26. The summed E-state index contributed by atoms with van der Waals surface area (Å²) in [5.41, 5.74) is 0.965. The van der Waals surface area contributed by atoms with Gasteiger partial charge in [0.15, 0.2) is 0 Å². The number of carbonyl (C=O) groups is 1. The molecule has 1 saturated carbocycles. The first-order valence-corrected chi connectivity index (χ1v) is 7.88. The van der Waals surface area contributed by atoms with Crippen molar-refractivity contribution >= 4 is 12.0 Å². The van der Waals surface area contributed by atoms with Crippen LogP contribution < -0.4 is 10.1 Å². The second-order valence-electron chi connectivity index (χ2n) is 5.54. The van der Waals surface area contributed by atoms with Gasteiger partial charge in [0, 0.05) is 6.04 Å². The molecule has 1 aliphatic rings. The first kappa shape index (κ1) is 16.1. The number of rotatable bonds is 8. The van der Waals surface area contributed by atoms with Gasteiger partial charge in [-0.15, -0.1) is 0 Å². The minimum Gasteiger partial charge on any atom is -0.494 e. The summed E-state index contributed by atoms with van der Waals surface area (Å²) in [7, 11) is 0. The van der Waals surface area contributed by atoms with Crippen LogP contribution in [0, 0.1) is 11.3 Å². The molecule has 0 unspecified atom stereocenters. The van der Waals surface area contributed by atoms with E-state index >= 15 is 0 Å². The van der Waals surface area contributed by atoms with Gasteiger partial charge in [-0.05, 0) is 43.0 Å². The first-order valence-electron chi connectivity index (χ1n) is 7.88. The molecule has 2 rings (SSSR count). The standard InChI is InChI=1S/C18H22N2O2/c1-2-3-4-11-22-17-9-5-14(6-10-17)12-15(13-19)18(21)20-16-7-8-16/h5-6,9-10,12,16H,2-4,7-8,11H2,1H3,(H,20,21)/b15-12+. The molecule has 116 valence electrons. The van der Waals surface area contributed by atoms with Gasteiger partial charge in [-0.2, -0.15) is 5.26 Å². The zero-order valence-corrected chi connectivity index (χ0v) is 13.0. The molecule has 1 N–H and O–H groups in total. The topological polar surface area (TPSA) is 62.1 Å². The van der Waals surface area contributed by atoms with Crippen molar-refractivity contribution in [1.82, 2.24) is 5.32 Å². The number of benzene rings is 1. The summed E-state index contributed by atoms with van der Waals surface area (Å²) in [5, 5.41) is 11.9. The van der Waals surface area contributed by atoms with Crippen molar-refractivity contribution < 1.29 is 9.53 Å². The Kier molecular flexibility index (Phi) is 6.02. The van der Waals surface area contributed by atoms with Gasteiger partial charge in [0.25, 0.3) is 5.91 Å². The van der Waals surface area contributed by atoms with E-state index in [2.05, 4.69) is 12.2 Å². The highest BCUT2D eigenvalue weighted by Crippen LogP contribution is 2.20. The Morgan fingerprint density at radius 1 is 1.36 bits per heavy atom. The molecule has 0 aliphatic heterocycles. The van der Waals surface area contributed by atoms with E-state index in [0.29, 0.717) is 0 Å². The van der Waals surface area contributed by atoms with E-state index in [9.17, 15) is 4.79 Å². The van der Waals surface area contributed by atoms with Crippen LogP contribution in [-0.2, 0) is 4.79 Å². The van der Waals surface area contributed by atoms with Crippen molar-refractivity contribution in [2.45, 2.75) is 45.1 Å². The molecular weight excluding hydrogens is 276 g/mol. The Balaban J connectivity index is 1.91. The molecule has 4 nitrogen and oxygen atoms in total. The third-order valence-corrected chi connectivity index (χ3v) is 3.49. The Labute approximate surface area is 131 Å². The van der Waals surface area contributed by atoms with Gasteiger partial charge in [-0.1, -0.05) is 31.9 Å². The third kappa shape index (κ3) is 5.25. The normalized spacial score (nSPS) is 14.3. The fourth-order valence-corrected chi connectivity index (χ4v) is 2.01. The number of ether oxygens (including phenoxy) is 1. The molecule has 0 radical (unpaired) electrons. The van der Waals surface area contributed by atoms with Gasteiger partial charge in [0.2, 0.25) is 0 Å². The highest BCUT2D eigenvalue weighted by atomic mass is 16.5. The molecule has 1 aliphatic carbocycles. The van der Waals surface area contributed by atoms with E-state index in [0.717, 1.165) is 37.2 Å². The van der Waals surface area contributed by atoms with Crippen molar-refractivity contribution in [2.24, 2.45) is 0 Å². The maximum Gasteiger partial charge on any atom is 0.262 e. The molecule has 1 aromatic rings. The average molecular weight is 298 g/mol. The van der Waals surface area contributed by atoms with E-state index in [1.54, 1.807) is 6.08 Å². The summed E-state index contributed by atoms with van der Waals surface area (Å²) in [6.07, 6.45) is 7.02. The summed E-state index contributed by atoms with van der Waals surface area (Å²) in [5.74, 6) is 0.527. The van der Waals surface area contributed by atoms with Gasteiger partial charge in [0.1, 0.15) is 17.4 Å². The summed E-state index contributed by atoms with van der Waals surface area (Å²) in [6, 6.07) is 9.67. The zero-order valence-electron chi connectivity index (χ0n) is 13.0. The smallest absolute Gasteiger partial charge is 0.262 e. The molecule has 0 heterocycles. The lowest BCUT2D eigenvalue weighted by atomic mass is 10.1. The van der Waals surface area contributed by atoms with Crippen LogP contribution in [0.4, 0.5) is 0 Å². The van der Waals surface area contributed by atoms with Gasteiger partial charge in [-0.3, -0.25) is 4.79 Å². The highest BCUT2D eigenvalue weighted by molar-refractivity contribution is 6.01. The summed E-state index contributed by atoms with van der Waals surface area (Å²) in [4.78, 5) is 11.9. The number of nitrogens with one attached hydrogen (secondary N) is 1. The lowest BCUT2D eigenvalue weighted by molar-refractivity contribution is -0.117. The molecule has 1 amide bonds. The van der Waals surface area contributed by atoms with Crippen LogP contribution in [0.2, 0.25) is 0 Å². The number of unbranched alkanes of at least 4 members (excludes halogenated alkanes) is 2. The van der Waals surface area contributed by atoms with Crippen molar-refractivity contribution in [3.05, 3.63) is 35.4 Å². The van der Waals surface area contributed by atoms with Crippen molar-refractivity contribution in [1.29, 1.82) is 5.26 Å². The zero-order chi connectivity index (χ0) is 15.8. The number of hydrogen-bond donors (Lipinski definition) is 1. The van der Waals surface area contributed by atoms with Crippen LogP contribution in [0.15, 0.2) is 29.8 Å². The molecule has 0 atom stereocenters. The molecule has 0 bridgehead atoms. The Morgan fingerprint density at radius 3 is 2.68 bits per heavy atom. The monoisotopic (exact) mass is 298 g/mol. The average Bonchev–Trinajstić information content (AvgIpc) is 3.34. The van der Waals surface area contributed by atoms with Gasteiger partial charge < -0.3 is 10.1 Å². The predicted molar refractivity (Wildman–Crippen MR) is 86.2 cm³/mol. The predicted octanol–water partition coefficient (Wildman–Crippen LogP) is 3.44. The minimum absolute atomic E-state index is 0.142. The number of nitriles is 1. The maximum atomic E-state index is 11.9. The number of carbonyl (C=O) groups excluding carboxylic acids is 1. The van der Waals surface area contributed by atoms with Crippen molar-refractivity contribution in [2.75, 3.05) is 6.61 Å². The fraction of sp³-hybridized carbons (Fsp3) is 0.444. The maximum absolute atomic E-state index is 11.9. The number of nitrogens with zero attached hydrogens (tertiary/aromatic N) is 1. The molecule has 1 aromatic carbocycles. The molecule has 0 spiro atoms. The van der Waals surface area contributed by atoms with Gasteiger partial charge in [-0.25, -0.2) is 0 Å². The second kappa shape index (κ2) is 8.23. The van der Waals surface area contributed by atoms with Crippen molar-refractivity contribution in [3.63, 3.8) is 0 Å². The second-order valence-corrected chi connectivity index (χ2v) is 5.54. The van der Waals surface area contributed by atoms with Gasteiger partial charge in [0.05, 0.1) is 6.61 Å². The Morgan fingerprint density at radius 2 is 2.09 bits per heavy atom. The molecule has 4 heteroatoms. The van der Waals surface area contributed by atoms with Crippen LogP contribution >= 0.6 is 0 Å². The Bertz CT molecular complexity index is 566. The van der Waals surface area contributed by atoms with Crippen LogP contribution in [0.5, 0.6) is 5.75 Å². The quantitative estimate of drug-likeness (QED) is 0.454. The van der Waals surface area contributed by atoms with Crippen molar-refractivity contribution in [3.8, 4) is 11.8 Å². The van der Waals surface area contributed by atoms with E-state index in [1.165, 1.54) is 12.8 Å². The third-order valence-electron chi connectivity index (χ3n) is 3.49. The minimum atomic E-state index is -0.287. The number of amides is 1. The Hall–Kier alpha value is -2.28. The van der Waals surface area contributed by atoms with E-state index in [-0.39, 0.29) is 17.5 Å². The molecule has 0 saturated heterocycles. The number of hydrogen-bond acceptors (Lipinski definition) is 3. The molecule has 1 fully saturated rings. The summed E-state index contributed by atoms with van der Waals surface area (Å²) >= 11 is 0. The summed E-state index contributed by atoms with van der Waals surface area (Å²) < 4.78 is 5.64. The SMILES string of the molecule is CCCCCOc1ccc(/C=C(\C#N)C(=O)NC2CC2)cc1. The highest BCUT2D eigenvalue weighted by Gasteiger charge is 2.24. The summed E-state index contributed by atoms with van der Waals surface area (Å²) in [6.45, 7) is 2.88.